The average molecular weight is 602 g/mol. The third kappa shape index (κ3) is 4.00. The number of hydrogen-bond donors (Lipinski definition) is 0. The van der Waals surface area contributed by atoms with Crippen LogP contribution in [0.15, 0.2) is 173 Å². The first kappa shape index (κ1) is 26.0. The highest BCUT2D eigenvalue weighted by Crippen LogP contribution is 2.47. The van der Waals surface area contributed by atoms with E-state index in [1.165, 1.54) is 21.9 Å². The van der Waals surface area contributed by atoms with Gasteiger partial charge < -0.3 is 13.7 Å². The highest BCUT2D eigenvalue weighted by atomic mass is 16.3. The molecular formula is C44H27NO2. The summed E-state index contributed by atoms with van der Waals surface area (Å²) >= 11 is 0. The Kier molecular flexibility index (Phi) is 5.57. The quantitative estimate of drug-likeness (QED) is 0.201. The number of fused-ring (bicyclic) bond motifs is 9. The van der Waals surface area contributed by atoms with Crippen molar-refractivity contribution < 1.29 is 8.83 Å². The Morgan fingerprint density at radius 1 is 0.362 bits per heavy atom. The molecule has 10 aromatic rings. The zero-order valence-electron chi connectivity index (χ0n) is 25.4. The summed E-state index contributed by atoms with van der Waals surface area (Å²) in [5.74, 6) is 0. The van der Waals surface area contributed by atoms with E-state index in [0.717, 1.165) is 71.7 Å². The Morgan fingerprint density at radius 2 is 1.00 bits per heavy atom. The molecule has 0 N–H and O–H groups in total. The molecule has 0 unspecified atom stereocenters. The number of para-hydroxylation sites is 2. The van der Waals surface area contributed by atoms with Crippen molar-refractivity contribution in [2.45, 2.75) is 0 Å². The van der Waals surface area contributed by atoms with Crippen LogP contribution in [0.5, 0.6) is 0 Å². The molecule has 0 bridgehead atoms. The van der Waals surface area contributed by atoms with Crippen molar-refractivity contribution in [2.24, 2.45) is 0 Å². The van der Waals surface area contributed by atoms with E-state index in [4.69, 9.17) is 8.83 Å². The first-order chi connectivity index (χ1) is 23.3. The maximum Gasteiger partial charge on any atom is 0.159 e. The largest absolute Gasteiger partial charge is 0.455 e. The van der Waals surface area contributed by atoms with Crippen molar-refractivity contribution in [3.8, 4) is 11.1 Å². The van der Waals surface area contributed by atoms with Crippen molar-refractivity contribution in [3.05, 3.63) is 164 Å². The molecule has 0 aliphatic rings. The van der Waals surface area contributed by atoms with Crippen LogP contribution in [0.2, 0.25) is 0 Å². The van der Waals surface area contributed by atoms with E-state index in [1.807, 2.05) is 12.1 Å². The highest BCUT2D eigenvalue weighted by molar-refractivity contribution is 6.20. The van der Waals surface area contributed by atoms with Crippen molar-refractivity contribution in [1.29, 1.82) is 0 Å². The Bertz CT molecular complexity index is 2800. The predicted octanol–water partition coefficient (Wildman–Crippen LogP) is 12.9. The van der Waals surface area contributed by atoms with Crippen LogP contribution in [0.3, 0.4) is 0 Å². The van der Waals surface area contributed by atoms with E-state index >= 15 is 0 Å². The lowest BCUT2D eigenvalue weighted by molar-refractivity contribution is 0.669. The molecule has 220 valence electrons. The summed E-state index contributed by atoms with van der Waals surface area (Å²) in [6.07, 6.45) is 0. The second kappa shape index (κ2) is 10.1. The third-order valence-corrected chi connectivity index (χ3v) is 9.44. The molecule has 0 saturated heterocycles. The van der Waals surface area contributed by atoms with Gasteiger partial charge in [-0.05, 0) is 75.8 Å². The van der Waals surface area contributed by atoms with Crippen LogP contribution >= 0.6 is 0 Å². The second-order valence-electron chi connectivity index (χ2n) is 12.1. The molecule has 47 heavy (non-hydrogen) atoms. The number of anilines is 3. The zero-order valence-corrected chi connectivity index (χ0v) is 25.4. The number of hydrogen-bond acceptors (Lipinski definition) is 3. The standard InChI is InChI=1S/C44H27NO2/c1-2-11-31-27-32(20-19-28(31)9-1)29-21-24-33(25-22-29)45(39-16-7-14-36-35-13-5-6-17-40(35)46-44(36)39)38-15-8-18-41-42(38)37-26-23-30-10-3-4-12-34(30)43(37)47-41/h1-27H. The van der Waals surface area contributed by atoms with E-state index in [2.05, 4.69) is 157 Å². The molecular weight excluding hydrogens is 574 g/mol. The molecule has 2 heterocycles. The zero-order chi connectivity index (χ0) is 30.9. The molecule has 10 rings (SSSR count). The Labute approximate surface area is 270 Å². The summed E-state index contributed by atoms with van der Waals surface area (Å²) in [7, 11) is 0. The molecule has 0 amide bonds. The van der Waals surface area contributed by atoms with E-state index in [1.54, 1.807) is 0 Å². The lowest BCUT2D eigenvalue weighted by Crippen LogP contribution is -2.10. The predicted molar refractivity (Wildman–Crippen MR) is 196 cm³/mol. The van der Waals surface area contributed by atoms with E-state index in [0.29, 0.717) is 0 Å². The molecule has 0 atom stereocenters. The van der Waals surface area contributed by atoms with Gasteiger partial charge in [0.15, 0.2) is 5.58 Å². The number of furan rings is 2. The number of nitrogens with zero attached hydrogens (tertiary/aromatic N) is 1. The number of benzene rings is 8. The van der Waals surface area contributed by atoms with Gasteiger partial charge in [0.25, 0.3) is 0 Å². The van der Waals surface area contributed by atoms with Gasteiger partial charge in [-0.15, -0.1) is 0 Å². The molecule has 3 nitrogen and oxygen atoms in total. The molecule has 0 aliphatic carbocycles. The van der Waals surface area contributed by atoms with Crippen LogP contribution in [-0.4, -0.2) is 0 Å². The van der Waals surface area contributed by atoms with E-state index in [9.17, 15) is 0 Å². The minimum Gasteiger partial charge on any atom is -0.455 e. The second-order valence-corrected chi connectivity index (χ2v) is 12.1. The van der Waals surface area contributed by atoms with Crippen molar-refractivity contribution in [2.75, 3.05) is 4.90 Å². The summed E-state index contributed by atoms with van der Waals surface area (Å²) in [6, 6.07) is 57.8. The van der Waals surface area contributed by atoms with Gasteiger partial charge in [0.05, 0.1) is 16.8 Å². The fourth-order valence-corrected chi connectivity index (χ4v) is 7.21. The van der Waals surface area contributed by atoms with Gasteiger partial charge in [-0.2, -0.15) is 0 Å². The number of rotatable bonds is 4. The van der Waals surface area contributed by atoms with Crippen LogP contribution in [0, 0.1) is 0 Å². The Morgan fingerprint density at radius 3 is 1.89 bits per heavy atom. The lowest BCUT2D eigenvalue weighted by Gasteiger charge is -2.26. The van der Waals surface area contributed by atoms with Gasteiger partial charge in [-0.3, -0.25) is 0 Å². The van der Waals surface area contributed by atoms with Gasteiger partial charge in [-0.25, -0.2) is 0 Å². The van der Waals surface area contributed by atoms with Gasteiger partial charge in [-0.1, -0.05) is 115 Å². The maximum atomic E-state index is 6.63. The van der Waals surface area contributed by atoms with Crippen LogP contribution in [-0.2, 0) is 0 Å². The van der Waals surface area contributed by atoms with Gasteiger partial charge in [0.2, 0.25) is 0 Å². The molecule has 0 saturated carbocycles. The van der Waals surface area contributed by atoms with Crippen molar-refractivity contribution >= 4 is 82.5 Å². The minimum absolute atomic E-state index is 0.850. The smallest absolute Gasteiger partial charge is 0.159 e. The lowest BCUT2D eigenvalue weighted by atomic mass is 10.0. The SMILES string of the molecule is c1ccc2cc(-c3ccc(N(c4cccc5c4oc4ccccc45)c4cccc5oc6c7ccccc7ccc6c45)cc3)ccc2c1. The summed E-state index contributed by atoms with van der Waals surface area (Å²) in [5, 5.41) is 9.10. The highest BCUT2D eigenvalue weighted by Gasteiger charge is 2.23. The molecule has 0 fully saturated rings. The Hall–Kier alpha value is -6.32. The summed E-state index contributed by atoms with van der Waals surface area (Å²) in [6.45, 7) is 0. The summed E-state index contributed by atoms with van der Waals surface area (Å²) in [5.41, 5.74) is 8.87. The monoisotopic (exact) mass is 601 g/mol. The fraction of sp³-hybridized carbons (Fsp3) is 0. The van der Waals surface area contributed by atoms with Crippen molar-refractivity contribution in [1.82, 2.24) is 0 Å². The van der Waals surface area contributed by atoms with E-state index in [-0.39, 0.29) is 0 Å². The van der Waals surface area contributed by atoms with Crippen molar-refractivity contribution in [3.63, 3.8) is 0 Å². The first-order valence-corrected chi connectivity index (χ1v) is 15.9. The molecule has 2 aromatic heterocycles. The molecule has 0 aliphatic heterocycles. The molecule has 0 spiro atoms. The normalized spacial score (nSPS) is 11.8. The van der Waals surface area contributed by atoms with Crippen LogP contribution in [0.25, 0.3) is 76.5 Å². The average Bonchev–Trinajstić information content (AvgIpc) is 3.72. The fourth-order valence-electron chi connectivity index (χ4n) is 7.21. The summed E-state index contributed by atoms with van der Waals surface area (Å²) < 4.78 is 13.2. The first-order valence-electron chi connectivity index (χ1n) is 15.9. The summed E-state index contributed by atoms with van der Waals surface area (Å²) in [4.78, 5) is 2.32. The van der Waals surface area contributed by atoms with Crippen LogP contribution in [0.4, 0.5) is 17.1 Å². The van der Waals surface area contributed by atoms with Crippen LogP contribution in [0.1, 0.15) is 0 Å². The van der Waals surface area contributed by atoms with Gasteiger partial charge >= 0.3 is 0 Å². The minimum atomic E-state index is 0.850. The van der Waals surface area contributed by atoms with E-state index < -0.39 is 0 Å². The molecule has 3 heteroatoms. The maximum absolute atomic E-state index is 6.63. The molecule has 0 radical (unpaired) electrons. The third-order valence-electron chi connectivity index (χ3n) is 9.44. The molecule has 8 aromatic carbocycles. The van der Waals surface area contributed by atoms with Gasteiger partial charge in [0, 0.05) is 27.2 Å². The topological polar surface area (TPSA) is 29.5 Å². The van der Waals surface area contributed by atoms with Gasteiger partial charge in [0.1, 0.15) is 16.7 Å². The van der Waals surface area contributed by atoms with Crippen LogP contribution < -0.4 is 4.90 Å². The Balaban J connectivity index is 1.22.